The highest BCUT2D eigenvalue weighted by atomic mass is 35.5. The highest BCUT2D eigenvalue weighted by molar-refractivity contribution is 6.30. The smallest absolute Gasteiger partial charge is 0.437 e. The Balaban J connectivity index is 2.14. The Labute approximate surface area is 162 Å². The van der Waals surface area contributed by atoms with Crippen LogP contribution in [0, 0.1) is 0 Å². The molecular weight excluding hydrogens is 374 g/mol. The van der Waals surface area contributed by atoms with Crippen molar-refractivity contribution in [2.75, 3.05) is 20.8 Å². The molecule has 0 spiro atoms. The maximum Gasteiger partial charge on any atom is 0.513 e. The third-order valence-electron chi connectivity index (χ3n) is 4.61. The zero-order chi connectivity index (χ0) is 19.6. The molecule has 8 heteroatoms. The van der Waals surface area contributed by atoms with Crippen LogP contribution in [0.3, 0.4) is 0 Å². The third-order valence-corrected chi connectivity index (χ3v) is 4.87. The van der Waals surface area contributed by atoms with E-state index in [-0.39, 0.29) is 0 Å². The Bertz CT molecular complexity index is 814. The topological polar surface area (TPSA) is 74.3 Å². The number of benzene rings is 1. The van der Waals surface area contributed by atoms with Gasteiger partial charge < -0.3 is 23.8 Å². The summed E-state index contributed by atoms with van der Waals surface area (Å²) in [5.41, 5.74) is 2.40. The first-order valence-corrected chi connectivity index (χ1v) is 8.82. The van der Waals surface area contributed by atoms with Gasteiger partial charge in [0.2, 0.25) is 0 Å². The van der Waals surface area contributed by atoms with Crippen LogP contribution in [0.1, 0.15) is 31.2 Å². The number of methoxy groups -OCH3 is 2. The number of rotatable bonds is 3. The summed E-state index contributed by atoms with van der Waals surface area (Å²) in [4.78, 5) is 25.8. The molecule has 0 amide bonds. The fourth-order valence-corrected chi connectivity index (χ4v) is 3.53. The molecule has 0 N–H and O–H groups in total. The lowest BCUT2D eigenvalue weighted by atomic mass is 9.89. The van der Waals surface area contributed by atoms with Crippen molar-refractivity contribution in [3.05, 3.63) is 57.8 Å². The molecule has 7 nitrogen and oxygen atoms in total. The highest BCUT2D eigenvalue weighted by Crippen LogP contribution is 2.46. The second-order valence-corrected chi connectivity index (χ2v) is 6.55. The van der Waals surface area contributed by atoms with Crippen molar-refractivity contribution < 1.29 is 28.5 Å². The van der Waals surface area contributed by atoms with E-state index in [0.29, 0.717) is 16.5 Å². The molecule has 0 aromatic heterocycles. The molecule has 2 aliphatic heterocycles. The first kappa shape index (κ1) is 19.1. The van der Waals surface area contributed by atoms with Gasteiger partial charge >= 0.3 is 12.3 Å². The Morgan fingerprint density at radius 1 is 1.04 bits per heavy atom. The average Bonchev–Trinajstić information content (AvgIpc) is 3.16. The fraction of sp³-hybridized carbons (Fsp3) is 0.368. The van der Waals surface area contributed by atoms with E-state index in [9.17, 15) is 9.59 Å². The normalized spacial score (nSPS) is 19.0. The summed E-state index contributed by atoms with van der Waals surface area (Å²) < 4.78 is 20.4. The van der Waals surface area contributed by atoms with Crippen molar-refractivity contribution in [1.82, 2.24) is 4.90 Å². The summed E-state index contributed by atoms with van der Waals surface area (Å²) in [5.74, 6) is 0.115. The molecule has 0 bridgehead atoms. The second kappa shape index (κ2) is 7.92. The molecule has 1 aromatic carbocycles. The molecular formula is C19H20ClNO6. The van der Waals surface area contributed by atoms with E-state index in [0.717, 1.165) is 36.3 Å². The monoisotopic (exact) mass is 393 g/mol. The number of hydrogen-bond donors (Lipinski definition) is 0. The quantitative estimate of drug-likeness (QED) is 0.697. The maximum atomic E-state index is 11.9. The van der Waals surface area contributed by atoms with Crippen molar-refractivity contribution in [2.45, 2.75) is 25.7 Å². The van der Waals surface area contributed by atoms with E-state index in [1.807, 2.05) is 11.8 Å². The number of fused-ring (bicyclic) bond motifs is 1. The molecule has 0 saturated carbocycles. The molecule has 1 atom stereocenters. The van der Waals surface area contributed by atoms with Gasteiger partial charge in [0.05, 0.1) is 25.6 Å². The zero-order valence-electron chi connectivity index (χ0n) is 15.3. The van der Waals surface area contributed by atoms with Crippen LogP contribution in [0.5, 0.6) is 0 Å². The van der Waals surface area contributed by atoms with Gasteiger partial charge in [0, 0.05) is 11.6 Å². The first-order chi connectivity index (χ1) is 13.0. The van der Waals surface area contributed by atoms with E-state index in [4.69, 9.17) is 21.1 Å². The molecule has 144 valence electrons. The van der Waals surface area contributed by atoms with Crippen LogP contribution in [0.15, 0.2) is 47.2 Å². The summed E-state index contributed by atoms with van der Waals surface area (Å²) >= 11 is 6.01. The van der Waals surface area contributed by atoms with Gasteiger partial charge in [0.25, 0.3) is 0 Å². The number of allylic oxidation sites excluding steroid dienone is 2. The number of carbonyl (C=O) groups is 2. The van der Waals surface area contributed by atoms with Gasteiger partial charge in [-0.2, -0.15) is 0 Å². The van der Waals surface area contributed by atoms with Gasteiger partial charge in [-0.25, -0.2) is 9.59 Å². The summed E-state index contributed by atoms with van der Waals surface area (Å²) in [5, 5.41) is 0.566. The van der Waals surface area contributed by atoms with Crippen LogP contribution in [-0.4, -0.2) is 38.0 Å². The van der Waals surface area contributed by atoms with Crippen LogP contribution in [0.2, 0.25) is 5.02 Å². The third kappa shape index (κ3) is 3.73. The molecule has 0 radical (unpaired) electrons. The van der Waals surface area contributed by atoms with Crippen LogP contribution >= 0.6 is 11.6 Å². The lowest BCUT2D eigenvalue weighted by molar-refractivity contribution is 0.0750. The van der Waals surface area contributed by atoms with E-state index >= 15 is 0 Å². The predicted octanol–water partition coefficient (Wildman–Crippen LogP) is 4.54. The SMILES string of the molecule is COC(=O)OC1=C(C)N2CCCC2=C(OC(=O)OC)C1c1ccc(Cl)cc1. The van der Waals surface area contributed by atoms with Gasteiger partial charge in [-0.15, -0.1) is 0 Å². The Hall–Kier alpha value is -2.67. The Kier molecular flexibility index (Phi) is 5.60. The minimum absolute atomic E-state index is 0.341. The average molecular weight is 394 g/mol. The van der Waals surface area contributed by atoms with Crippen molar-refractivity contribution in [1.29, 1.82) is 0 Å². The molecule has 1 fully saturated rings. The molecule has 2 aliphatic rings. The predicted molar refractivity (Wildman–Crippen MR) is 96.8 cm³/mol. The molecule has 1 aromatic rings. The number of ether oxygens (including phenoxy) is 4. The summed E-state index contributed by atoms with van der Waals surface area (Å²) in [6, 6.07) is 7.05. The molecule has 0 aliphatic carbocycles. The Morgan fingerprint density at radius 2 is 1.63 bits per heavy atom. The van der Waals surface area contributed by atoms with E-state index < -0.39 is 18.2 Å². The summed E-state index contributed by atoms with van der Waals surface area (Å²) in [6.45, 7) is 2.60. The van der Waals surface area contributed by atoms with Crippen molar-refractivity contribution in [3.63, 3.8) is 0 Å². The fourth-order valence-electron chi connectivity index (χ4n) is 3.40. The van der Waals surface area contributed by atoms with Crippen molar-refractivity contribution in [3.8, 4) is 0 Å². The number of nitrogens with zero attached hydrogens (tertiary/aromatic N) is 1. The van der Waals surface area contributed by atoms with E-state index in [2.05, 4.69) is 9.47 Å². The molecule has 1 saturated heterocycles. The number of halogens is 1. The lowest BCUT2D eigenvalue weighted by Gasteiger charge is -2.35. The van der Waals surface area contributed by atoms with Crippen molar-refractivity contribution >= 4 is 23.9 Å². The molecule has 2 heterocycles. The van der Waals surface area contributed by atoms with Gasteiger partial charge in [-0.3, -0.25) is 0 Å². The van der Waals surface area contributed by atoms with Crippen LogP contribution in [-0.2, 0) is 18.9 Å². The van der Waals surface area contributed by atoms with Crippen molar-refractivity contribution in [2.24, 2.45) is 0 Å². The van der Waals surface area contributed by atoms with Gasteiger partial charge in [-0.1, -0.05) is 23.7 Å². The van der Waals surface area contributed by atoms with Crippen LogP contribution < -0.4 is 0 Å². The van der Waals surface area contributed by atoms with Gasteiger partial charge in [-0.05, 0) is 37.5 Å². The first-order valence-electron chi connectivity index (χ1n) is 8.44. The Morgan fingerprint density at radius 3 is 2.22 bits per heavy atom. The lowest BCUT2D eigenvalue weighted by Crippen LogP contribution is -2.30. The minimum atomic E-state index is -0.844. The van der Waals surface area contributed by atoms with Gasteiger partial charge in [0.1, 0.15) is 17.4 Å². The largest absolute Gasteiger partial charge is 0.513 e. The standard InChI is InChI=1S/C19H20ClNO6/c1-11-16(26-18(22)24-2)15(12-6-8-13(20)9-7-12)17(27-19(23)25-3)14-5-4-10-21(11)14/h6-9,15H,4-5,10H2,1-3H3. The number of hydrogen-bond acceptors (Lipinski definition) is 7. The minimum Gasteiger partial charge on any atom is -0.437 e. The molecule has 27 heavy (non-hydrogen) atoms. The van der Waals surface area contributed by atoms with E-state index in [1.165, 1.54) is 14.2 Å². The zero-order valence-corrected chi connectivity index (χ0v) is 16.0. The maximum absolute atomic E-state index is 11.9. The van der Waals surface area contributed by atoms with E-state index in [1.54, 1.807) is 24.3 Å². The second-order valence-electron chi connectivity index (χ2n) is 6.11. The summed E-state index contributed by atoms with van der Waals surface area (Å²) in [7, 11) is 2.48. The van der Waals surface area contributed by atoms with Crippen LogP contribution in [0.25, 0.3) is 0 Å². The highest BCUT2D eigenvalue weighted by Gasteiger charge is 2.41. The summed E-state index contributed by atoms with van der Waals surface area (Å²) in [6.07, 6.45) is -0.0533. The van der Waals surface area contributed by atoms with Gasteiger partial charge in [0.15, 0.2) is 0 Å². The molecule has 1 unspecified atom stereocenters. The molecule has 3 rings (SSSR count). The number of carbonyl (C=O) groups excluding carboxylic acids is 2. The van der Waals surface area contributed by atoms with Crippen LogP contribution in [0.4, 0.5) is 9.59 Å².